The van der Waals surface area contributed by atoms with Crippen LogP contribution in [0.1, 0.15) is 0 Å². The number of carbonyl (C=O) groups excluding carboxylic acids is 1. The number of nitrogens with zero attached hydrogens (tertiary/aromatic N) is 2. The van der Waals surface area contributed by atoms with Crippen LogP contribution in [0.4, 0.5) is 16.3 Å². The Bertz CT molecular complexity index is 1020. The first-order chi connectivity index (χ1) is 13.1. The summed E-state index contributed by atoms with van der Waals surface area (Å²) in [5.41, 5.74) is 0.583. The number of carbonyl (C=O) groups is 1. The molecule has 27 heavy (non-hydrogen) atoms. The van der Waals surface area contributed by atoms with Gasteiger partial charge in [0.2, 0.25) is 5.82 Å². The first-order valence-electron chi connectivity index (χ1n) is 8.05. The molecule has 8 nitrogen and oxygen atoms in total. The number of methoxy groups -OCH3 is 2. The average molecular weight is 366 g/mol. The average Bonchev–Trinajstić information content (AvgIpc) is 2.69. The van der Waals surface area contributed by atoms with E-state index < -0.39 is 11.6 Å². The fourth-order valence-electron chi connectivity index (χ4n) is 2.49. The van der Waals surface area contributed by atoms with Crippen molar-refractivity contribution in [2.75, 3.05) is 24.9 Å². The van der Waals surface area contributed by atoms with E-state index in [0.29, 0.717) is 22.9 Å². The van der Waals surface area contributed by atoms with Crippen molar-refractivity contribution < 1.29 is 14.3 Å². The largest absolute Gasteiger partial charge is 0.497 e. The summed E-state index contributed by atoms with van der Waals surface area (Å²) < 4.78 is 11.8. The van der Waals surface area contributed by atoms with Crippen molar-refractivity contribution in [3.63, 3.8) is 0 Å². The maximum atomic E-state index is 12.7. The lowest BCUT2D eigenvalue weighted by Crippen LogP contribution is -2.28. The molecule has 138 valence electrons. The Morgan fingerprint density at radius 1 is 1.04 bits per heavy atom. The van der Waals surface area contributed by atoms with E-state index in [1.807, 2.05) is 0 Å². The molecular weight excluding hydrogens is 348 g/mol. The van der Waals surface area contributed by atoms with Gasteiger partial charge in [-0.25, -0.2) is 9.78 Å². The van der Waals surface area contributed by atoms with Crippen LogP contribution in [0.5, 0.6) is 11.5 Å². The van der Waals surface area contributed by atoms with Crippen molar-refractivity contribution in [2.24, 2.45) is 0 Å². The second kappa shape index (κ2) is 8.05. The zero-order valence-electron chi connectivity index (χ0n) is 14.8. The van der Waals surface area contributed by atoms with Crippen LogP contribution in [0.3, 0.4) is 0 Å². The number of rotatable bonds is 5. The fraction of sp³-hybridized carbons (Fsp3) is 0.105. The summed E-state index contributed by atoms with van der Waals surface area (Å²) in [4.78, 5) is 28.9. The summed E-state index contributed by atoms with van der Waals surface area (Å²) in [7, 11) is 3.05. The maximum Gasteiger partial charge on any atom is 0.325 e. The van der Waals surface area contributed by atoms with E-state index in [1.54, 1.807) is 48.5 Å². The molecule has 0 fully saturated rings. The van der Waals surface area contributed by atoms with Crippen LogP contribution in [-0.4, -0.2) is 29.8 Å². The highest BCUT2D eigenvalue weighted by atomic mass is 16.5. The van der Waals surface area contributed by atoms with Crippen LogP contribution in [-0.2, 0) is 0 Å². The number of amides is 2. The highest BCUT2D eigenvalue weighted by Crippen LogP contribution is 2.20. The number of urea groups is 1. The van der Waals surface area contributed by atoms with E-state index in [9.17, 15) is 9.59 Å². The summed E-state index contributed by atoms with van der Waals surface area (Å²) in [6.07, 6.45) is 2.93. The number of hydrogen-bond donors (Lipinski definition) is 2. The molecule has 0 bridgehead atoms. The van der Waals surface area contributed by atoms with Crippen molar-refractivity contribution in [2.45, 2.75) is 0 Å². The molecule has 0 aliphatic carbocycles. The molecule has 0 atom stereocenters. The standard InChI is InChI=1S/C19H18N4O4/c1-26-14-7-5-6-13(12-14)21-19(25)22-17-18(24)23(11-10-20-17)15-8-3-4-9-16(15)27-2/h3-12H,1-2H3,(H2,20,21,22,25). The van der Waals surface area contributed by atoms with E-state index in [0.717, 1.165) is 0 Å². The molecule has 0 aliphatic rings. The van der Waals surface area contributed by atoms with Crippen molar-refractivity contribution in [1.29, 1.82) is 0 Å². The molecule has 0 radical (unpaired) electrons. The first-order valence-corrected chi connectivity index (χ1v) is 8.05. The van der Waals surface area contributed by atoms with Crippen molar-refractivity contribution >= 4 is 17.5 Å². The fourth-order valence-corrected chi connectivity index (χ4v) is 2.49. The number of ether oxygens (including phenoxy) is 2. The van der Waals surface area contributed by atoms with Crippen LogP contribution in [0, 0.1) is 0 Å². The van der Waals surface area contributed by atoms with Crippen molar-refractivity contribution in [1.82, 2.24) is 9.55 Å². The predicted molar refractivity (Wildman–Crippen MR) is 102 cm³/mol. The van der Waals surface area contributed by atoms with Gasteiger partial charge >= 0.3 is 6.03 Å². The molecule has 0 saturated heterocycles. The summed E-state index contributed by atoms with van der Waals surface area (Å²) in [5, 5.41) is 5.10. The van der Waals surface area contributed by atoms with Gasteiger partial charge in [-0.05, 0) is 24.3 Å². The van der Waals surface area contributed by atoms with Crippen molar-refractivity contribution in [3.8, 4) is 17.2 Å². The van der Waals surface area contributed by atoms with Gasteiger partial charge < -0.3 is 14.8 Å². The highest BCUT2D eigenvalue weighted by Gasteiger charge is 2.12. The Labute approximate surface area is 155 Å². The SMILES string of the molecule is COc1cccc(NC(=O)Nc2nccn(-c3ccccc3OC)c2=O)c1. The Balaban J connectivity index is 1.83. The zero-order valence-corrected chi connectivity index (χ0v) is 14.8. The van der Waals surface area contributed by atoms with Crippen LogP contribution in [0.25, 0.3) is 5.69 Å². The number of aromatic nitrogens is 2. The summed E-state index contributed by atoms with van der Waals surface area (Å²) >= 11 is 0. The molecule has 2 N–H and O–H groups in total. The lowest BCUT2D eigenvalue weighted by molar-refractivity contribution is 0.262. The first kappa shape index (κ1) is 18.0. The van der Waals surface area contributed by atoms with Gasteiger partial charge in [-0.1, -0.05) is 18.2 Å². The van der Waals surface area contributed by atoms with Crippen LogP contribution >= 0.6 is 0 Å². The van der Waals surface area contributed by atoms with Gasteiger partial charge in [0.15, 0.2) is 0 Å². The quantitative estimate of drug-likeness (QED) is 0.724. The smallest absolute Gasteiger partial charge is 0.325 e. The van der Waals surface area contributed by atoms with Gasteiger partial charge in [0.25, 0.3) is 5.56 Å². The van der Waals surface area contributed by atoms with Crippen molar-refractivity contribution in [3.05, 3.63) is 71.3 Å². The Morgan fingerprint density at radius 2 is 1.85 bits per heavy atom. The van der Waals surface area contributed by atoms with Crippen LogP contribution < -0.4 is 25.7 Å². The molecule has 1 heterocycles. The molecule has 8 heteroatoms. The van der Waals surface area contributed by atoms with Gasteiger partial charge in [0, 0.05) is 24.1 Å². The summed E-state index contributed by atoms with van der Waals surface area (Å²) in [5.74, 6) is 1.02. The molecule has 2 aromatic carbocycles. The molecule has 1 aromatic heterocycles. The van der Waals surface area contributed by atoms with Gasteiger partial charge in [-0.15, -0.1) is 0 Å². The van der Waals surface area contributed by atoms with Gasteiger partial charge in [0.05, 0.1) is 19.9 Å². The molecule has 0 spiro atoms. The normalized spacial score (nSPS) is 10.1. The van der Waals surface area contributed by atoms with Gasteiger partial charge in [-0.3, -0.25) is 14.7 Å². The lowest BCUT2D eigenvalue weighted by atomic mass is 10.3. The Hall–Kier alpha value is -3.81. The minimum atomic E-state index is -0.592. The van der Waals surface area contributed by atoms with Gasteiger partial charge in [0.1, 0.15) is 11.5 Å². The summed E-state index contributed by atoms with van der Waals surface area (Å²) in [6, 6.07) is 13.3. The zero-order chi connectivity index (χ0) is 19.2. The Morgan fingerprint density at radius 3 is 2.63 bits per heavy atom. The minimum Gasteiger partial charge on any atom is -0.497 e. The molecule has 0 unspecified atom stereocenters. The van der Waals surface area contributed by atoms with E-state index in [4.69, 9.17) is 9.47 Å². The number of benzene rings is 2. The van der Waals surface area contributed by atoms with E-state index in [2.05, 4.69) is 15.6 Å². The Kier molecular flexibility index (Phi) is 5.36. The number of hydrogen-bond acceptors (Lipinski definition) is 5. The highest BCUT2D eigenvalue weighted by molar-refractivity contribution is 5.99. The second-order valence-electron chi connectivity index (χ2n) is 5.43. The number of anilines is 2. The predicted octanol–water partition coefficient (Wildman–Crippen LogP) is 2.89. The van der Waals surface area contributed by atoms with Gasteiger partial charge in [-0.2, -0.15) is 0 Å². The monoisotopic (exact) mass is 366 g/mol. The molecule has 3 aromatic rings. The third-order valence-electron chi connectivity index (χ3n) is 3.74. The lowest BCUT2D eigenvalue weighted by Gasteiger charge is -2.12. The number of para-hydroxylation sites is 2. The number of nitrogens with one attached hydrogen (secondary N) is 2. The van der Waals surface area contributed by atoms with E-state index in [-0.39, 0.29) is 5.82 Å². The third kappa shape index (κ3) is 4.06. The molecule has 0 saturated carbocycles. The van der Waals surface area contributed by atoms with E-state index in [1.165, 1.54) is 31.2 Å². The van der Waals surface area contributed by atoms with Crippen LogP contribution in [0.2, 0.25) is 0 Å². The van der Waals surface area contributed by atoms with E-state index >= 15 is 0 Å². The third-order valence-corrected chi connectivity index (χ3v) is 3.74. The minimum absolute atomic E-state index is 0.108. The van der Waals surface area contributed by atoms with Crippen LogP contribution in [0.15, 0.2) is 65.7 Å². The molecule has 2 amide bonds. The second-order valence-corrected chi connectivity index (χ2v) is 5.43. The molecule has 3 rings (SSSR count). The topological polar surface area (TPSA) is 94.5 Å². The maximum absolute atomic E-state index is 12.7. The summed E-state index contributed by atoms with van der Waals surface area (Å²) in [6.45, 7) is 0. The molecule has 0 aliphatic heterocycles. The molecular formula is C19H18N4O4.